The Labute approximate surface area is 193 Å². The van der Waals surface area contributed by atoms with Gasteiger partial charge in [-0.05, 0) is 54.3 Å². The Morgan fingerprint density at radius 3 is 2.22 bits per heavy atom. The molecule has 0 amide bonds. The number of ether oxygens (including phenoxy) is 1. The first-order valence-corrected chi connectivity index (χ1v) is 12.0. The van der Waals surface area contributed by atoms with Crippen LogP contribution in [0.2, 0.25) is 0 Å². The number of hydrogen-bond donors (Lipinski definition) is 0. The van der Waals surface area contributed by atoms with Gasteiger partial charge in [0.2, 0.25) is 0 Å². The zero-order chi connectivity index (χ0) is 22.2. The molecule has 1 saturated heterocycles. The smallest absolute Gasteiger partial charge is 0.123 e. The van der Waals surface area contributed by atoms with Crippen molar-refractivity contribution in [1.82, 2.24) is 4.90 Å². The van der Waals surface area contributed by atoms with Crippen LogP contribution in [0.15, 0.2) is 78.9 Å². The van der Waals surface area contributed by atoms with E-state index in [1.165, 1.54) is 41.8 Å². The summed E-state index contributed by atoms with van der Waals surface area (Å²) in [5.41, 5.74) is 6.27. The van der Waals surface area contributed by atoms with Gasteiger partial charge in [-0.1, -0.05) is 92.2 Å². The number of benzene rings is 3. The second-order valence-corrected chi connectivity index (χ2v) is 10.6. The van der Waals surface area contributed by atoms with Gasteiger partial charge in [0.25, 0.3) is 0 Å². The third-order valence-corrected chi connectivity index (χ3v) is 7.97. The molecule has 3 atom stereocenters. The van der Waals surface area contributed by atoms with Gasteiger partial charge in [0, 0.05) is 24.6 Å². The Morgan fingerprint density at radius 1 is 0.875 bits per heavy atom. The highest BCUT2D eigenvalue weighted by atomic mass is 16.5. The van der Waals surface area contributed by atoms with Crippen LogP contribution >= 0.6 is 0 Å². The average Bonchev–Trinajstić information content (AvgIpc) is 3.22. The van der Waals surface area contributed by atoms with Crippen LogP contribution in [-0.4, -0.2) is 24.5 Å². The second kappa shape index (κ2) is 8.41. The van der Waals surface area contributed by atoms with Gasteiger partial charge in [-0.2, -0.15) is 0 Å². The highest BCUT2D eigenvalue weighted by molar-refractivity contribution is 5.44. The third kappa shape index (κ3) is 4.21. The second-order valence-electron chi connectivity index (χ2n) is 10.6. The van der Waals surface area contributed by atoms with Crippen molar-refractivity contribution in [3.8, 4) is 5.75 Å². The van der Waals surface area contributed by atoms with E-state index < -0.39 is 0 Å². The number of likely N-dealkylation sites (tertiary alicyclic amines) is 1. The van der Waals surface area contributed by atoms with Crippen LogP contribution in [0.25, 0.3) is 0 Å². The number of rotatable bonds is 8. The minimum Gasteiger partial charge on any atom is -0.489 e. The Kier molecular flexibility index (Phi) is 5.59. The third-order valence-electron chi connectivity index (χ3n) is 7.97. The first-order chi connectivity index (χ1) is 15.5. The molecule has 1 unspecified atom stereocenters. The van der Waals surface area contributed by atoms with Crippen molar-refractivity contribution in [1.29, 1.82) is 0 Å². The molecule has 3 aromatic rings. The largest absolute Gasteiger partial charge is 0.489 e. The van der Waals surface area contributed by atoms with E-state index in [9.17, 15) is 0 Å². The number of aryl methyl sites for hydroxylation is 1. The minimum atomic E-state index is 0.333. The predicted octanol–water partition coefficient (Wildman–Crippen LogP) is 6.83. The van der Waals surface area contributed by atoms with Gasteiger partial charge in [-0.25, -0.2) is 0 Å². The lowest BCUT2D eigenvalue weighted by atomic mass is 9.87. The van der Waals surface area contributed by atoms with Crippen LogP contribution in [0.4, 0.5) is 0 Å². The molecule has 3 aromatic carbocycles. The normalized spacial score (nSPS) is 25.3. The van der Waals surface area contributed by atoms with Crippen LogP contribution in [0.5, 0.6) is 5.75 Å². The monoisotopic (exact) mass is 425 g/mol. The van der Waals surface area contributed by atoms with Crippen LogP contribution in [0.3, 0.4) is 0 Å². The maximum absolute atomic E-state index is 6.40. The zero-order valence-electron chi connectivity index (χ0n) is 19.7. The predicted molar refractivity (Wildman–Crippen MR) is 132 cm³/mol. The fraction of sp³-hybridized carbons (Fsp3) is 0.400. The standard InChI is InChI=1S/C30H35NO/c1-23-14-15-28(32-19-24-10-6-4-7-11-24)27(18-23)26(25-12-8-5-9-13-25)16-17-31-21-29(2)20-30(29,3)22-31/h4-15,18,26H,16-17,19-22H2,1-3H3/t26?,29-,30+. The lowest BCUT2D eigenvalue weighted by Crippen LogP contribution is -2.27. The summed E-state index contributed by atoms with van der Waals surface area (Å²) in [5, 5.41) is 0. The van der Waals surface area contributed by atoms with E-state index in [4.69, 9.17) is 4.74 Å². The SMILES string of the molecule is Cc1ccc(OCc2ccccc2)c(C(CCN2C[C@@]3(C)C[C@@]3(C)C2)c2ccccc2)c1. The van der Waals surface area contributed by atoms with E-state index in [-0.39, 0.29) is 0 Å². The number of piperidine rings is 1. The van der Waals surface area contributed by atoms with Crippen molar-refractivity contribution < 1.29 is 4.74 Å². The first kappa shape index (κ1) is 21.3. The molecule has 0 N–H and O–H groups in total. The Balaban J connectivity index is 1.39. The van der Waals surface area contributed by atoms with Crippen molar-refractivity contribution in [2.24, 2.45) is 10.8 Å². The average molecular weight is 426 g/mol. The molecule has 166 valence electrons. The van der Waals surface area contributed by atoms with Crippen molar-refractivity contribution in [3.63, 3.8) is 0 Å². The Morgan fingerprint density at radius 2 is 1.53 bits per heavy atom. The van der Waals surface area contributed by atoms with Gasteiger partial charge in [-0.15, -0.1) is 0 Å². The van der Waals surface area contributed by atoms with Crippen LogP contribution < -0.4 is 4.74 Å². The van der Waals surface area contributed by atoms with Gasteiger partial charge in [-0.3, -0.25) is 0 Å². The molecule has 0 bridgehead atoms. The Hall–Kier alpha value is -2.58. The molecule has 1 heterocycles. The van der Waals surface area contributed by atoms with E-state index in [0.29, 0.717) is 23.4 Å². The summed E-state index contributed by atoms with van der Waals surface area (Å²) >= 11 is 0. The van der Waals surface area contributed by atoms with Crippen molar-refractivity contribution in [2.45, 2.75) is 46.1 Å². The number of fused-ring (bicyclic) bond motifs is 1. The van der Waals surface area contributed by atoms with Gasteiger partial charge < -0.3 is 9.64 Å². The molecule has 0 aromatic heterocycles. The van der Waals surface area contributed by atoms with Gasteiger partial charge in [0.05, 0.1) is 0 Å². The molecule has 2 heteroatoms. The summed E-state index contributed by atoms with van der Waals surface area (Å²) in [7, 11) is 0. The highest BCUT2D eigenvalue weighted by Gasteiger charge is 2.65. The molecule has 1 aliphatic heterocycles. The fourth-order valence-corrected chi connectivity index (χ4v) is 5.82. The molecule has 5 rings (SSSR count). The molecule has 2 nitrogen and oxygen atoms in total. The highest BCUT2D eigenvalue weighted by Crippen LogP contribution is 2.67. The van der Waals surface area contributed by atoms with Crippen LogP contribution in [0, 0.1) is 17.8 Å². The molecule has 2 aliphatic rings. The quantitative estimate of drug-likeness (QED) is 0.392. The van der Waals surface area contributed by atoms with E-state index in [1.807, 2.05) is 0 Å². The van der Waals surface area contributed by atoms with Crippen molar-refractivity contribution >= 4 is 0 Å². The first-order valence-electron chi connectivity index (χ1n) is 12.0. The van der Waals surface area contributed by atoms with Gasteiger partial charge in [0.15, 0.2) is 0 Å². The maximum atomic E-state index is 6.40. The number of nitrogens with zero attached hydrogens (tertiary/aromatic N) is 1. The summed E-state index contributed by atoms with van der Waals surface area (Å²) in [6.45, 7) is 11.3. The molecular weight excluding hydrogens is 390 g/mol. The van der Waals surface area contributed by atoms with Gasteiger partial charge >= 0.3 is 0 Å². The minimum absolute atomic E-state index is 0.333. The summed E-state index contributed by atoms with van der Waals surface area (Å²) in [5.74, 6) is 1.34. The maximum Gasteiger partial charge on any atom is 0.123 e. The summed E-state index contributed by atoms with van der Waals surface area (Å²) in [6, 6.07) is 28.1. The summed E-state index contributed by atoms with van der Waals surface area (Å²) in [6.07, 6.45) is 2.51. The van der Waals surface area contributed by atoms with Crippen LogP contribution in [-0.2, 0) is 6.61 Å². The van der Waals surface area contributed by atoms with Gasteiger partial charge in [0.1, 0.15) is 12.4 Å². The molecule has 1 aliphatic carbocycles. The molecule has 0 spiro atoms. The number of hydrogen-bond acceptors (Lipinski definition) is 2. The van der Waals surface area contributed by atoms with Crippen LogP contribution in [0.1, 0.15) is 54.9 Å². The molecule has 1 saturated carbocycles. The zero-order valence-corrected chi connectivity index (χ0v) is 19.7. The lowest BCUT2D eigenvalue weighted by Gasteiger charge is -2.26. The summed E-state index contributed by atoms with van der Waals surface area (Å²) in [4.78, 5) is 2.69. The van der Waals surface area contributed by atoms with E-state index >= 15 is 0 Å². The molecular formula is C30H35NO. The Bertz CT molecular complexity index is 1050. The molecule has 2 fully saturated rings. The van der Waals surface area contributed by atoms with Crippen molar-refractivity contribution in [3.05, 3.63) is 101 Å². The van der Waals surface area contributed by atoms with Crippen molar-refractivity contribution in [2.75, 3.05) is 19.6 Å². The van der Waals surface area contributed by atoms with E-state index in [2.05, 4.69) is 105 Å². The molecule has 0 radical (unpaired) electrons. The molecule has 32 heavy (non-hydrogen) atoms. The van der Waals surface area contributed by atoms with E-state index in [0.717, 1.165) is 18.7 Å². The topological polar surface area (TPSA) is 12.5 Å². The lowest BCUT2D eigenvalue weighted by molar-refractivity contribution is 0.267. The van der Waals surface area contributed by atoms with E-state index in [1.54, 1.807) is 0 Å². The summed E-state index contributed by atoms with van der Waals surface area (Å²) < 4.78 is 6.40. The fourth-order valence-electron chi connectivity index (χ4n) is 5.82.